The van der Waals surface area contributed by atoms with Crippen molar-refractivity contribution in [2.45, 2.75) is 6.42 Å². The summed E-state index contributed by atoms with van der Waals surface area (Å²) in [6.45, 7) is 0.462. The van der Waals surface area contributed by atoms with Gasteiger partial charge in [0.05, 0.1) is 6.61 Å². The van der Waals surface area contributed by atoms with Crippen LogP contribution in [-0.2, 0) is 6.42 Å². The minimum Gasteiger partial charge on any atom is -0.477 e. The first-order valence-corrected chi connectivity index (χ1v) is 5.44. The van der Waals surface area contributed by atoms with Crippen molar-refractivity contribution in [1.82, 2.24) is 15.0 Å². The van der Waals surface area contributed by atoms with Crippen molar-refractivity contribution < 1.29 is 4.74 Å². The Morgan fingerprint density at radius 3 is 2.88 bits per heavy atom. The maximum absolute atomic E-state index is 5.72. The molecule has 0 bridgehead atoms. The van der Waals surface area contributed by atoms with Crippen LogP contribution in [0.3, 0.4) is 0 Å². The summed E-state index contributed by atoms with van der Waals surface area (Å²) in [6, 6.07) is 7.26. The minimum absolute atomic E-state index is 0.102. The SMILES string of the molecule is Nc1nc(Cl)cc(OCCc2ccccn2)n1. The molecule has 2 rings (SSSR count). The van der Waals surface area contributed by atoms with Gasteiger partial charge in [-0.1, -0.05) is 17.7 Å². The van der Waals surface area contributed by atoms with Gasteiger partial charge in [-0.25, -0.2) is 4.98 Å². The van der Waals surface area contributed by atoms with E-state index in [9.17, 15) is 0 Å². The van der Waals surface area contributed by atoms with Crippen LogP contribution in [0.1, 0.15) is 5.69 Å². The summed E-state index contributed by atoms with van der Waals surface area (Å²) in [5.74, 6) is 0.476. The van der Waals surface area contributed by atoms with Gasteiger partial charge in [-0.15, -0.1) is 0 Å². The van der Waals surface area contributed by atoms with Gasteiger partial charge < -0.3 is 10.5 Å². The van der Waals surface area contributed by atoms with Crippen LogP contribution >= 0.6 is 11.6 Å². The Bertz CT molecular complexity index is 472. The van der Waals surface area contributed by atoms with E-state index in [1.54, 1.807) is 6.20 Å². The number of anilines is 1. The van der Waals surface area contributed by atoms with E-state index in [0.29, 0.717) is 18.9 Å². The average Bonchev–Trinajstić information content (AvgIpc) is 2.29. The third-order valence-electron chi connectivity index (χ3n) is 2.02. The molecule has 0 aromatic carbocycles. The molecule has 0 radical (unpaired) electrons. The number of ether oxygens (including phenoxy) is 1. The lowest BCUT2D eigenvalue weighted by Crippen LogP contribution is -2.05. The summed E-state index contributed by atoms with van der Waals surface area (Å²) in [7, 11) is 0. The Balaban J connectivity index is 1.90. The van der Waals surface area contributed by atoms with E-state index in [1.165, 1.54) is 6.07 Å². The second-order valence-corrected chi connectivity index (χ2v) is 3.69. The van der Waals surface area contributed by atoms with E-state index in [2.05, 4.69) is 15.0 Å². The van der Waals surface area contributed by atoms with Crippen LogP contribution in [0.5, 0.6) is 5.88 Å². The van der Waals surface area contributed by atoms with Gasteiger partial charge >= 0.3 is 0 Å². The van der Waals surface area contributed by atoms with E-state index in [-0.39, 0.29) is 11.1 Å². The molecule has 0 aliphatic rings. The maximum Gasteiger partial charge on any atom is 0.224 e. The molecule has 0 fully saturated rings. The molecule has 2 aromatic heterocycles. The van der Waals surface area contributed by atoms with Crippen LogP contribution in [0.4, 0.5) is 5.95 Å². The normalized spacial score (nSPS) is 10.2. The second kappa shape index (κ2) is 5.45. The first-order chi connectivity index (χ1) is 8.24. The van der Waals surface area contributed by atoms with E-state index in [1.807, 2.05) is 18.2 Å². The molecule has 88 valence electrons. The summed E-state index contributed by atoms with van der Waals surface area (Å²) >= 11 is 5.72. The molecule has 2 N–H and O–H groups in total. The summed E-state index contributed by atoms with van der Waals surface area (Å²) in [5.41, 5.74) is 6.40. The summed E-state index contributed by atoms with van der Waals surface area (Å²) in [4.78, 5) is 11.8. The Morgan fingerprint density at radius 2 is 2.18 bits per heavy atom. The van der Waals surface area contributed by atoms with Crippen LogP contribution in [0.25, 0.3) is 0 Å². The Kier molecular flexibility index (Phi) is 3.72. The molecule has 17 heavy (non-hydrogen) atoms. The Labute approximate surface area is 104 Å². The fourth-order valence-electron chi connectivity index (χ4n) is 1.29. The number of hydrogen-bond donors (Lipinski definition) is 1. The number of pyridine rings is 1. The smallest absolute Gasteiger partial charge is 0.224 e. The molecular formula is C11H11ClN4O. The zero-order valence-corrected chi connectivity index (χ0v) is 9.76. The number of rotatable bonds is 4. The predicted octanol–water partition coefficient (Wildman–Crippen LogP) is 1.73. The predicted molar refractivity (Wildman–Crippen MR) is 64.9 cm³/mol. The van der Waals surface area contributed by atoms with E-state index in [4.69, 9.17) is 22.1 Å². The fourth-order valence-corrected chi connectivity index (χ4v) is 1.47. The number of hydrogen-bond acceptors (Lipinski definition) is 5. The van der Waals surface area contributed by atoms with Gasteiger partial charge in [-0.2, -0.15) is 4.98 Å². The zero-order chi connectivity index (χ0) is 12.1. The molecule has 0 saturated heterocycles. The highest BCUT2D eigenvalue weighted by molar-refractivity contribution is 6.29. The highest BCUT2D eigenvalue weighted by Gasteiger charge is 2.01. The van der Waals surface area contributed by atoms with Crippen LogP contribution in [0.15, 0.2) is 30.5 Å². The van der Waals surface area contributed by atoms with E-state index >= 15 is 0 Å². The maximum atomic E-state index is 5.72. The first kappa shape index (κ1) is 11.6. The van der Waals surface area contributed by atoms with Gasteiger partial charge in [0.15, 0.2) is 0 Å². The number of nitrogens with zero attached hydrogens (tertiary/aromatic N) is 3. The lowest BCUT2D eigenvalue weighted by atomic mass is 10.3. The molecule has 0 atom stereocenters. The van der Waals surface area contributed by atoms with Crippen molar-refractivity contribution in [3.05, 3.63) is 41.3 Å². The third-order valence-corrected chi connectivity index (χ3v) is 2.22. The van der Waals surface area contributed by atoms with Crippen LogP contribution in [0.2, 0.25) is 5.15 Å². The van der Waals surface area contributed by atoms with E-state index < -0.39 is 0 Å². The molecule has 6 heteroatoms. The minimum atomic E-state index is 0.102. The molecule has 0 aliphatic heterocycles. The van der Waals surface area contributed by atoms with Crippen molar-refractivity contribution in [1.29, 1.82) is 0 Å². The van der Waals surface area contributed by atoms with Crippen molar-refractivity contribution in [3.8, 4) is 5.88 Å². The summed E-state index contributed by atoms with van der Waals surface area (Å²) in [6.07, 6.45) is 2.44. The quantitative estimate of drug-likeness (QED) is 0.837. The largest absolute Gasteiger partial charge is 0.477 e. The van der Waals surface area contributed by atoms with Crippen molar-refractivity contribution >= 4 is 17.5 Å². The van der Waals surface area contributed by atoms with Gasteiger partial charge in [-0.05, 0) is 12.1 Å². The zero-order valence-electron chi connectivity index (χ0n) is 9.01. The molecule has 0 unspecified atom stereocenters. The number of aromatic nitrogens is 3. The summed E-state index contributed by atoms with van der Waals surface area (Å²) in [5, 5.41) is 0.269. The first-order valence-electron chi connectivity index (χ1n) is 5.07. The monoisotopic (exact) mass is 250 g/mol. The van der Waals surface area contributed by atoms with Gasteiger partial charge in [0, 0.05) is 24.4 Å². The van der Waals surface area contributed by atoms with Gasteiger partial charge in [-0.3, -0.25) is 4.98 Å². The molecule has 2 heterocycles. The standard InChI is InChI=1S/C11H11ClN4O/c12-9-7-10(16-11(13)15-9)17-6-4-8-3-1-2-5-14-8/h1-3,5,7H,4,6H2,(H2,13,15,16). The molecule has 0 spiro atoms. The third kappa shape index (κ3) is 3.57. The van der Waals surface area contributed by atoms with Crippen LogP contribution < -0.4 is 10.5 Å². The van der Waals surface area contributed by atoms with Gasteiger partial charge in [0.1, 0.15) is 5.15 Å². The highest BCUT2D eigenvalue weighted by Crippen LogP contribution is 2.14. The van der Waals surface area contributed by atoms with Crippen molar-refractivity contribution in [2.75, 3.05) is 12.3 Å². The number of nitrogen functional groups attached to an aromatic ring is 1. The van der Waals surface area contributed by atoms with Crippen molar-refractivity contribution in [2.24, 2.45) is 0 Å². The fraction of sp³-hybridized carbons (Fsp3) is 0.182. The lowest BCUT2D eigenvalue weighted by molar-refractivity contribution is 0.308. The van der Waals surface area contributed by atoms with Gasteiger partial charge in [0.25, 0.3) is 0 Å². The Morgan fingerprint density at radius 1 is 1.29 bits per heavy atom. The highest BCUT2D eigenvalue weighted by atomic mass is 35.5. The van der Waals surface area contributed by atoms with Crippen molar-refractivity contribution in [3.63, 3.8) is 0 Å². The lowest BCUT2D eigenvalue weighted by Gasteiger charge is -2.05. The van der Waals surface area contributed by atoms with Crippen LogP contribution in [-0.4, -0.2) is 21.6 Å². The average molecular weight is 251 g/mol. The van der Waals surface area contributed by atoms with E-state index in [0.717, 1.165) is 5.69 Å². The molecule has 2 aromatic rings. The molecule has 0 amide bonds. The molecule has 0 saturated carbocycles. The molecular weight excluding hydrogens is 240 g/mol. The number of halogens is 1. The van der Waals surface area contributed by atoms with Gasteiger partial charge in [0.2, 0.25) is 11.8 Å². The summed E-state index contributed by atoms with van der Waals surface area (Å²) < 4.78 is 5.42. The number of nitrogens with two attached hydrogens (primary N) is 1. The molecule has 0 aliphatic carbocycles. The molecule has 5 nitrogen and oxygen atoms in total. The topological polar surface area (TPSA) is 73.9 Å². The van der Waals surface area contributed by atoms with Crippen LogP contribution in [0, 0.1) is 0 Å². The second-order valence-electron chi connectivity index (χ2n) is 3.31. The Hall–Kier alpha value is -1.88.